The molecule has 0 fully saturated rings. The van der Waals surface area contributed by atoms with Crippen molar-refractivity contribution in [1.29, 1.82) is 0 Å². The molecule has 0 spiro atoms. The first-order valence-electron chi connectivity index (χ1n) is 7.87. The lowest BCUT2D eigenvalue weighted by Gasteiger charge is -2.25. The summed E-state index contributed by atoms with van der Waals surface area (Å²) in [6.07, 6.45) is 1.18. The lowest BCUT2D eigenvalue weighted by molar-refractivity contribution is -0.141. The van der Waals surface area contributed by atoms with Gasteiger partial charge in [0.1, 0.15) is 11.7 Å². The van der Waals surface area contributed by atoms with Crippen molar-refractivity contribution in [3.63, 3.8) is 0 Å². The summed E-state index contributed by atoms with van der Waals surface area (Å²) in [5.41, 5.74) is -0.185. The molecule has 1 heterocycles. The number of hydrogen-bond acceptors (Lipinski definition) is 5. The van der Waals surface area contributed by atoms with Crippen LogP contribution in [0.1, 0.15) is 24.3 Å². The third-order valence-corrected chi connectivity index (χ3v) is 3.99. The Labute approximate surface area is 158 Å². The van der Waals surface area contributed by atoms with Crippen LogP contribution in [-0.2, 0) is 9.59 Å². The summed E-state index contributed by atoms with van der Waals surface area (Å²) in [6.45, 7) is 2.65. The molecular formula is C16H17ClFN5O4. The van der Waals surface area contributed by atoms with E-state index in [1.807, 2.05) is 0 Å². The summed E-state index contributed by atoms with van der Waals surface area (Å²) in [5.74, 6) is -2.99. The summed E-state index contributed by atoms with van der Waals surface area (Å²) in [6, 6.07) is 3.11. The smallest absolute Gasteiger partial charge is 0.326 e. The maximum Gasteiger partial charge on any atom is 0.326 e. The van der Waals surface area contributed by atoms with Crippen LogP contribution < -0.4 is 5.32 Å². The molecule has 2 rings (SSSR count). The van der Waals surface area contributed by atoms with Crippen molar-refractivity contribution >= 4 is 29.4 Å². The van der Waals surface area contributed by atoms with Gasteiger partial charge in [0.2, 0.25) is 5.91 Å². The fraction of sp³-hybridized carbons (Fsp3) is 0.312. The first-order chi connectivity index (χ1) is 12.7. The molecule has 0 radical (unpaired) electrons. The van der Waals surface area contributed by atoms with Crippen molar-refractivity contribution in [3.05, 3.63) is 40.9 Å². The number of carbonyl (C=O) groups excluding carboxylic acids is 2. The fourth-order valence-electron chi connectivity index (χ4n) is 2.25. The van der Waals surface area contributed by atoms with E-state index in [1.165, 1.54) is 38.2 Å². The number of rotatable bonds is 7. The average molecular weight is 398 g/mol. The van der Waals surface area contributed by atoms with Gasteiger partial charge >= 0.3 is 5.97 Å². The Hall–Kier alpha value is -3.01. The largest absolute Gasteiger partial charge is 0.480 e. The zero-order valence-electron chi connectivity index (χ0n) is 14.5. The third-order valence-electron chi connectivity index (χ3n) is 3.70. The highest BCUT2D eigenvalue weighted by Gasteiger charge is 2.28. The number of hydrogen-bond donors (Lipinski definition) is 2. The number of amides is 2. The van der Waals surface area contributed by atoms with E-state index in [0.717, 1.165) is 9.58 Å². The van der Waals surface area contributed by atoms with E-state index in [9.17, 15) is 23.9 Å². The van der Waals surface area contributed by atoms with Gasteiger partial charge < -0.3 is 15.3 Å². The second kappa shape index (κ2) is 8.58. The summed E-state index contributed by atoms with van der Waals surface area (Å²) < 4.78 is 15.1. The Balaban J connectivity index is 2.27. The molecule has 9 nitrogen and oxygen atoms in total. The molecule has 1 aromatic heterocycles. The van der Waals surface area contributed by atoms with E-state index in [-0.39, 0.29) is 35.4 Å². The van der Waals surface area contributed by atoms with Gasteiger partial charge in [-0.25, -0.2) is 13.9 Å². The molecule has 0 aliphatic rings. The molecule has 1 atom stereocenters. The van der Waals surface area contributed by atoms with Crippen LogP contribution in [0.2, 0.25) is 5.02 Å². The quantitative estimate of drug-likeness (QED) is 0.722. The van der Waals surface area contributed by atoms with Gasteiger partial charge in [0.05, 0.1) is 11.2 Å². The van der Waals surface area contributed by atoms with Crippen LogP contribution in [0.5, 0.6) is 0 Å². The molecule has 2 aromatic rings. The maximum absolute atomic E-state index is 14.1. The van der Waals surface area contributed by atoms with E-state index < -0.39 is 23.7 Å². The van der Waals surface area contributed by atoms with Crippen molar-refractivity contribution in [1.82, 2.24) is 25.2 Å². The van der Waals surface area contributed by atoms with Crippen molar-refractivity contribution in [2.45, 2.75) is 19.9 Å². The topological polar surface area (TPSA) is 117 Å². The van der Waals surface area contributed by atoms with E-state index in [1.54, 1.807) is 0 Å². The number of nitrogens with one attached hydrogen (secondary N) is 1. The van der Waals surface area contributed by atoms with Crippen LogP contribution in [-0.4, -0.2) is 61.9 Å². The number of carbonyl (C=O) groups is 3. The molecule has 0 aliphatic carbocycles. The van der Waals surface area contributed by atoms with Crippen LogP contribution in [0, 0.1) is 5.82 Å². The molecule has 0 aliphatic heterocycles. The van der Waals surface area contributed by atoms with Gasteiger partial charge in [0, 0.05) is 20.0 Å². The predicted molar refractivity (Wildman–Crippen MR) is 93.1 cm³/mol. The van der Waals surface area contributed by atoms with Gasteiger partial charge in [-0.1, -0.05) is 22.9 Å². The second-order valence-electron chi connectivity index (χ2n) is 5.62. The molecular weight excluding hydrogens is 381 g/mol. The first kappa shape index (κ1) is 20.3. The Bertz CT molecular complexity index is 872. The minimum atomic E-state index is -1.22. The molecule has 0 saturated carbocycles. The molecule has 11 heteroatoms. The van der Waals surface area contributed by atoms with E-state index in [0.29, 0.717) is 0 Å². The summed E-state index contributed by atoms with van der Waals surface area (Å²) in [4.78, 5) is 36.0. The van der Waals surface area contributed by atoms with Crippen molar-refractivity contribution in [2.24, 2.45) is 0 Å². The number of aromatic nitrogens is 3. The Morgan fingerprint density at radius 3 is 2.74 bits per heavy atom. The molecule has 1 aromatic carbocycles. The van der Waals surface area contributed by atoms with E-state index in [2.05, 4.69) is 15.6 Å². The predicted octanol–water partition coefficient (Wildman–Crippen LogP) is 1.11. The molecule has 144 valence electrons. The molecule has 1 unspecified atom stereocenters. The summed E-state index contributed by atoms with van der Waals surface area (Å²) >= 11 is 5.73. The second-order valence-corrected chi connectivity index (χ2v) is 6.02. The normalized spacial score (nSPS) is 11.7. The number of carboxylic acid groups (broad SMARTS) is 1. The standard InChI is InChI=1S/C16H17ClFN5O4/c1-9(16(26)27)22(7-6-19-10(2)24)15(25)12-8-23(21-20-12)13-5-3-4-11(17)14(13)18/h3-5,8-9H,6-7H2,1-2H3,(H,19,24)(H,26,27). The zero-order valence-corrected chi connectivity index (χ0v) is 15.3. The first-order valence-corrected chi connectivity index (χ1v) is 8.25. The van der Waals surface area contributed by atoms with E-state index in [4.69, 9.17) is 11.6 Å². The highest BCUT2D eigenvalue weighted by Crippen LogP contribution is 2.20. The molecule has 0 saturated heterocycles. The van der Waals surface area contributed by atoms with Crippen molar-refractivity contribution in [3.8, 4) is 5.69 Å². The minimum absolute atomic E-state index is 0.00914. The molecule has 0 bridgehead atoms. The fourth-order valence-corrected chi connectivity index (χ4v) is 2.42. The van der Waals surface area contributed by atoms with Gasteiger partial charge in [0.25, 0.3) is 5.91 Å². The van der Waals surface area contributed by atoms with Gasteiger partial charge in [-0.05, 0) is 19.1 Å². The highest BCUT2D eigenvalue weighted by atomic mass is 35.5. The number of benzene rings is 1. The van der Waals surface area contributed by atoms with Crippen LogP contribution >= 0.6 is 11.6 Å². The lowest BCUT2D eigenvalue weighted by Crippen LogP contribution is -2.46. The monoisotopic (exact) mass is 397 g/mol. The number of aliphatic carboxylic acids is 1. The Morgan fingerprint density at radius 1 is 1.41 bits per heavy atom. The zero-order chi connectivity index (χ0) is 20.1. The van der Waals surface area contributed by atoms with Crippen LogP contribution in [0.4, 0.5) is 4.39 Å². The maximum atomic E-state index is 14.1. The number of carboxylic acids is 1. The summed E-state index contributed by atoms with van der Waals surface area (Å²) in [7, 11) is 0. The lowest BCUT2D eigenvalue weighted by atomic mass is 10.2. The Morgan fingerprint density at radius 2 is 2.11 bits per heavy atom. The van der Waals surface area contributed by atoms with Crippen molar-refractivity contribution in [2.75, 3.05) is 13.1 Å². The molecule has 27 heavy (non-hydrogen) atoms. The van der Waals surface area contributed by atoms with Gasteiger partial charge in [-0.2, -0.15) is 0 Å². The van der Waals surface area contributed by atoms with Crippen LogP contribution in [0.25, 0.3) is 5.69 Å². The SMILES string of the molecule is CC(=O)NCCN(C(=O)c1cn(-c2cccc(Cl)c2F)nn1)C(C)C(=O)O. The summed E-state index contributed by atoms with van der Waals surface area (Å²) in [5, 5.41) is 19.0. The minimum Gasteiger partial charge on any atom is -0.480 e. The highest BCUT2D eigenvalue weighted by molar-refractivity contribution is 6.30. The number of halogens is 2. The Kier molecular flexibility index (Phi) is 6.45. The molecule has 2 amide bonds. The average Bonchev–Trinajstić information content (AvgIpc) is 3.09. The van der Waals surface area contributed by atoms with Crippen molar-refractivity contribution < 1.29 is 23.9 Å². The van der Waals surface area contributed by atoms with Gasteiger partial charge in [-0.15, -0.1) is 5.10 Å². The van der Waals surface area contributed by atoms with Gasteiger partial charge in [-0.3, -0.25) is 9.59 Å². The van der Waals surface area contributed by atoms with Gasteiger partial charge in [0.15, 0.2) is 11.5 Å². The number of nitrogens with zero attached hydrogens (tertiary/aromatic N) is 4. The van der Waals surface area contributed by atoms with Crippen LogP contribution in [0.3, 0.4) is 0 Å². The third kappa shape index (κ3) is 4.79. The van der Waals surface area contributed by atoms with E-state index >= 15 is 0 Å². The molecule has 2 N–H and O–H groups in total. The van der Waals surface area contributed by atoms with Crippen LogP contribution in [0.15, 0.2) is 24.4 Å².